The van der Waals surface area contributed by atoms with E-state index in [1.807, 2.05) is 13.8 Å². The molecular weight excluding hydrogens is 170 g/mol. The maximum atomic E-state index is 10.2. The van der Waals surface area contributed by atoms with Gasteiger partial charge in [-0.2, -0.15) is 0 Å². The maximum Gasteiger partial charge on any atom is 0.272 e. The molecule has 1 aromatic heterocycles. The molecule has 0 saturated heterocycles. The van der Waals surface area contributed by atoms with E-state index < -0.39 is 4.92 Å². The lowest BCUT2D eigenvalue weighted by molar-refractivity contribution is -0.385. The highest BCUT2D eigenvalue weighted by molar-refractivity contribution is 5.29. The van der Waals surface area contributed by atoms with Gasteiger partial charge >= 0.3 is 0 Å². The number of aromatic nitrogens is 1. The van der Waals surface area contributed by atoms with Crippen molar-refractivity contribution in [1.82, 2.24) is 4.98 Å². The lowest BCUT2D eigenvalue weighted by Crippen LogP contribution is -2.00. The van der Waals surface area contributed by atoms with Gasteiger partial charge in [-0.1, -0.05) is 13.8 Å². The van der Waals surface area contributed by atoms with Gasteiger partial charge in [0.25, 0.3) is 5.69 Å². The first-order valence-corrected chi connectivity index (χ1v) is 4.03. The van der Waals surface area contributed by atoms with Crippen LogP contribution in [-0.2, 0) is 6.54 Å². The van der Waals surface area contributed by atoms with Gasteiger partial charge < -0.3 is 5.73 Å². The zero-order valence-corrected chi connectivity index (χ0v) is 7.73. The molecule has 2 N–H and O–H groups in total. The molecule has 0 aliphatic carbocycles. The van der Waals surface area contributed by atoms with Crippen molar-refractivity contribution in [3.8, 4) is 0 Å². The Balaban J connectivity index is 0.000000671. The van der Waals surface area contributed by atoms with Gasteiger partial charge in [-0.25, -0.2) is 0 Å². The molecule has 1 rings (SSSR count). The molecule has 72 valence electrons. The van der Waals surface area contributed by atoms with Gasteiger partial charge in [-0.05, 0) is 0 Å². The smallest absolute Gasteiger partial charge is 0.272 e. The Morgan fingerprint density at radius 1 is 1.62 bits per heavy atom. The van der Waals surface area contributed by atoms with E-state index >= 15 is 0 Å². The van der Waals surface area contributed by atoms with E-state index in [4.69, 9.17) is 5.73 Å². The van der Waals surface area contributed by atoms with Crippen molar-refractivity contribution < 1.29 is 4.92 Å². The number of nitrogens with two attached hydrogens (primary N) is 1. The molecule has 0 spiro atoms. The number of nitrogens with zero attached hydrogens (tertiary/aromatic N) is 2. The summed E-state index contributed by atoms with van der Waals surface area (Å²) in [4.78, 5) is 13.5. The van der Waals surface area contributed by atoms with E-state index in [0.717, 1.165) is 0 Å². The summed E-state index contributed by atoms with van der Waals surface area (Å²) < 4.78 is 0. The van der Waals surface area contributed by atoms with Gasteiger partial charge in [0, 0.05) is 24.9 Å². The van der Waals surface area contributed by atoms with E-state index in [-0.39, 0.29) is 12.2 Å². The average molecular weight is 183 g/mol. The second-order valence-corrected chi connectivity index (χ2v) is 1.97. The number of hydrogen-bond acceptors (Lipinski definition) is 4. The highest BCUT2D eigenvalue weighted by Crippen LogP contribution is 2.09. The second kappa shape index (κ2) is 6.07. The van der Waals surface area contributed by atoms with Crippen molar-refractivity contribution in [2.45, 2.75) is 20.4 Å². The monoisotopic (exact) mass is 183 g/mol. The largest absolute Gasteiger partial charge is 0.325 e. The fraction of sp³-hybridized carbons (Fsp3) is 0.375. The quantitative estimate of drug-likeness (QED) is 0.556. The summed E-state index contributed by atoms with van der Waals surface area (Å²) >= 11 is 0. The fourth-order valence-corrected chi connectivity index (χ4v) is 0.691. The normalized spacial score (nSPS) is 8.54. The van der Waals surface area contributed by atoms with Crippen LogP contribution in [0.1, 0.15) is 19.5 Å². The first kappa shape index (κ1) is 11.5. The number of nitro groups is 1. The Morgan fingerprint density at radius 2 is 2.23 bits per heavy atom. The van der Waals surface area contributed by atoms with Crippen LogP contribution in [0, 0.1) is 10.1 Å². The minimum absolute atomic E-state index is 0.0282. The number of pyridine rings is 1. The molecule has 1 heterocycles. The Labute approximate surface area is 76.7 Å². The minimum atomic E-state index is -0.471. The molecule has 0 fully saturated rings. The predicted octanol–water partition coefficient (Wildman–Crippen LogP) is 1.47. The van der Waals surface area contributed by atoms with Crippen molar-refractivity contribution in [3.63, 3.8) is 0 Å². The van der Waals surface area contributed by atoms with E-state index in [1.54, 1.807) is 0 Å². The molecule has 13 heavy (non-hydrogen) atoms. The Kier molecular flexibility index (Phi) is 5.38. The summed E-state index contributed by atoms with van der Waals surface area (Å²) in [6.45, 7) is 4.22. The Hall–Kier alpha value is -1.49. The van der Waals surface area contributed by atoms with Gasteiger partial charge in [-0.3, -0.25) is 15.1 Å². The summed E-state index contributed by atoms with van der Waals surface area (Å²) in [5, 5.41) is 10.2. The van der Waals surface area contributed by atoms with Crippen LogP contribution in [0.3, 0.4) is 0 Å². The van der Waals surface area contributed by atoms with Crippen LogP contribution in [0.4, 0.5) is 5.69 Å². The fourth-order valence-electron chi connectivity index (χ4n) is 0.691. The third-order valence-corrected chi connectivity index (χ3v) is 1.22. The highest BCUT2D eigenvalue weighted by Gasteiger charge is 2.04. The SMILES string of the molecule is CC.NCc1cc([N+](=O)[O-])ccn1. The van der Waals surface area contributed by atoms with E-state index in [2.05, 4.69) is 4.98 Å². The molecule has 5 heteroatoms. The zero-order chi connectivity index (χ0) is 10.3. The number of hydrogen-bond donors (Lipinski definition) is 1. The van der Waals surface area contributed by atoms with Crippen LogP contribution >= 0.6 is 0 Å². The van der Waals surface area contributed by atoms with Crippen LogP contribution in [0.2, 0.25) is 0 Å². The molecule has 0 atom stereocenters. The maximum absolute atomic E-state index is 10.2. The molecule has 0 bridgehead atoms. The van der Waals surface area contributed by atoms with Crippen molar-refractivity contribution in [1.29, 1.82) is 0 Å². The first-order valence-electron chi connectivity index (χ1n) is 4.03. The van der Waals surface area contributed by atoms with Crippen molar-refractivity contribution in [3.05, 3.63) is 34.1 Å². The topological polar surface area (TPSA) is 82.0 Å². The molecule has 0 amide bonds. The average Bonchev–Trinajstić information content (AvgIpc) is 2.21. The van der Waals surface area contributed by atoms with Gasteiger partial charge in [0.1, 0.15) is 0 Å². The highest BCUT2D eigenvalue weighted by atomic mass is 16.6. The molecule has 0 aromatic carbocycles. The third-order valence-electron chi connectivity index (χ3n) is 1.22. The Bertz CT molecular complexity index is 276. The summed E-state index contributed by atoms with van der Waals surface area (Å²) in [5.41, 5.74) is 5.79. The summed E-state index contributed by atoms with van der Waals surface area (Å²) in [6.07, 6.45) is 1.38. The van der Waals surface area contributed by atoms with Crippen LogP contribution < -0.4 is 5.73 Å². The van der Waals surface area contributed by atoms with E-state index in [1.165, 1.54) is 18.3 Å². The van der Waals surface area contributed by atoms with E-state index in [0.29, 0.717) is 5.69 Å². The first-order chi connectivity index (χ1) is 6.24. The molecule has 0 radical (unpaired) electrons. The van der Waals surface area contributed by atoms with Crippen LogP contribution in [-0.4, -0.2) is 9.91 Å². The van der Waals surface area contributed by atoms with E-state index in [9.17, 15) is 10.1 Å². The Morgan fingerprint density at radius 3 is 2.69 bits per heavy atom. The van der Waals surface area contributed by atoms with Gasteiger partial charge in [0.15, 0.2) is 0 Å². The molecule has 0 unspecified atom stereocenters. The standard InChI is InChI=1S/C6H7N3O2.C2H6/c7-4-5-3-6(9(10)11)1-2-8-5;1-2/h1-3H,4,7H2;1-2H3. The molecule has 0 saturated carbocycles. The van der Waals surface area contributed by atoms with Crippen LogP contribution in [0.25, 0.3) is 0 Å². The summed E-state index contributed by atoms with van der Waals surface area (Å²) in [6, 6.07) is 2.69. The molecular formula is C8H13N3O2. The predicted molar refractivity (Wildman–Crippen MR) is 50.1 cm³/mol. The lowest BCUT2D eigenvalue weighted by Gasteiger charge is -1.93. The van der Waals surface area contributed by atoms with Crippen molar-refractivity contribution >= 4 is 5.69 Å². The van der Waals surface area contributed by atoms with Crippen LogP contribution in [0.15, 0.2) is 18.3 Å². The van der Waals surface area contributed by atoms with Crippen LogP contribution in [0.5, 0.6) is 0 Å². The van der Waals surface area contributed by atoms with Gasteiger partial charge in [0.05, 0.1) is 10.6 Å². The molecule has 0 aliphatic heterocycles. The molecule has 5 nitrogen and oxygen atoms in total. The minimum Gasteiger partial charge on any atom is -0.325 e. The zero-order valence-electron chi connectivity index (χ0n) is 7.73. The summed E-state index contributed by atoms with van der Waals surface area (Å²) in [7, 11) is 0. The lowest BCUT2D eigenvalue weighted by atomic mass is 10.3. The van der Waals surface area contributed by atoms with Gasteiger partial charge in [-0.15, -0.1) is 0 Å². The second-order valence-electron chi connectivity index (χ2n) is 1.97. The third kappa shape index (κ3) is 3.62. The van der Waals surface area contributed by atoms with Gasteiger partial charge in [0.2, 0.25) is 0 Å². The number of rotatable bonds is 2. The molecule has 0 aliphatic rings. The summed E-state index contributed by atoms with van der Waals surface area (Å²) in [5.74, 6) is 0. The molecule has 1 aromatic rings. The van der Waals surface area contributed by atoms with Crippen molar-refractivity contribution in [2.75, 3.05) is 0 Å². The van der Waals surface area contributed by atoms with Crippen molar-refractivity contribution in [2.24, 2.45) is 5.73 Å².